The molecule has 3 rings (SSSR count). The molecule has 0 bridgehead atoms. The van der Waals surface area contributed by atoms with Crippen molar-refractivity contribution in [2.75, 3.05) is 49.5 Å². The first kappa shape index (κ1) is 20.0. The zero-order chi connectivity index (χ0) is 19.9. The van der Waals surface area contributed by atoms with E-state index in [1.807, 2.05) is 18.2 Å². The highest BCUT2D eigenvalue weighted by atomic mass is 35.5. The maximum absolute atomic E-state index is 12.4. The standard InChI is InChI=1S/C21H23ClN4O2/c1-2-25-9-11-26(12-10-25)20-8-5-17(22)13-19(20)24-21(27)15-28-18-6-3-16(14-23)4-7-18/h3-8,13H,2,9-12,15H2,1H3,(H,24,27). The van der Waals surface area contributed by atoms with Gasteiger partial charge in [0.1, 0.15) is 5.75 Å². The summed E-state index contributed by atoms with van der Waals surface area (Å²) in [5.41, 5.74) is 2.20. The van der Waals surface area contributed by atoms with E-state index in [0.717, 1.165) is 38.4 Å². The normalized spacial score (nSPS) is 14.4. The number of likely N-dealkylation sites (N-methyl/N-ethyl adjacent to an activating group) is 1. The van der Waals surface area contributed by atoms with E-state index >= 15 is 0 Å². The van der Waals surface area contributed by atoms with Crippen molar-refractivity contribution in [2.45, 2.75) is 6.92 Å². The Balaban J connectivity index is 1.63. The van der Waals surface area contributed by atoms with Crippen molar-refractivity contribution in [3.63, 3.8) is 0 Å². The molecule has 0 atom stereocenters. The van der Waals surface area contributed by atoms with Gasteiger partial charge in [-0.05, 0) is 49.0 Å². The van der Waals surface area contributed by atoms with E-state index < -0.39 is 0 Å². The van der Waals surface area contributed by atoms with Crippen LogP contribution >= 0.6 is 11.6 Å². The third kappa shape index (κ3) is 5.16. The highest BCUT2D eigenvalue weighted by Crippen LogP contribution is 2.30. The molecule has 1 aliphatic heterocycles. The highest BCUT2D eigenvalue weighted by Gasteiger charge is 2.19. The number of hydrogen-bond donors (Lipinski definition) is 1. The average molecular weight is 399 g/mol. The van der Waals surface area contributed by atoms with Crippen molar-refractivity contribution in [3.05, 3.63) is 53.1 Å². The van der Waals surface area contributed by atoms with Crippen LogP contribution in [0.2, 0.25) is 5.02 Å². The number of piperazine rings is 1. The van der Waals surface area contributed by atoms with Crippen molar-refractivity contribution in [3.8, 4) is 11.8 Å². The molecular formula is C21H23ClN4O2. The first-order chi connectivity index (χ1) is 13.6. The molecule has 0 aliphatic carbocycles. The minimum atomic E-state index is -0.264. The van der Waals surface area contributed by atoms with Crippen LogP contribution in [0.25, 0.3) is 0 Å². The number of anilines is 2. The number of rotatable bonds is 6. The maximum atomic E-state index is 12.4. The van der Waals surface area contributed by atoms with E-state index in [-0.39, 0.29) is 12.5 Å². The Hall–Kier alpha value is -2.75. The van der Waals surface area contributed by atoms with Crippen LogP contribution in [0.1, 0.15) is 12.5 Å². The lowest BCUT2D eigenvalue weighted by molar-refractivity contribution is -0.118. The first-order valence-electron chi connectivity index (χ1n) is 9.28. The van der Waals surface area contributed by atoms with Crippen molar-refractivity contribution in [1.82, 2.24) is 4.90 Å². The van der Waals surface area contributed by atoms with Crippen LogP contribution in [0.4, 0.5) is 11.4 Å². The van der Waals surface area contributed by atoms with Crippen LogP contribution in [-0.2, 0) is 4.79 Å². The van der Waals surface area contributed by atoms with E-state index in [0.29, 0.717) is 22.0 Å². The molecule has 2 aromatic rings. The Morgan fingerprint density at radius 2 is 1.89 bits per heavy atom. The molecule has 1 fully saturated rings. The van der Waals surface area contributed by atoms with Crippen LogP contribution in [-0.4, -0.2) is 50.1 Å². The molecular weight excluding hydrogens is 376 g/mol. The SMILES string of the molecule is CCN1CCN(c2ccc(Cl)cc2NC(=O)COc2ccc(C#N)cc2)CC1. The van der Waals surface area contributed by atoms with Gasteiger partial charge in [0.05, 0.1) is 23.0 Å². The van der Waals surface area contributed by atoms with E-state index in [2.05, 4.69) is 22.0 Å². The summed E-state index contributed by atoms with van der Waals surface area (Å²) in [5.74, 6) is 0.274. The molecule has 0 saturated carbocycles. The number of ether oxygens (including phenoxy) is 1. The minimum Gasteiger partial charge on any atom is -0.484 e. The van der Waals surface area contributed by atoms with Crippen LogP contribution in [0.3, 0.4) is 0 Å². The second kappa shape index (κ2) is 9.45. The largest absolute Gasteiger partial charge is 0.484 e. The molecule has 1 aliphatic rings. The summed E-state index contributed by atoms with van der Waals surface area (Å²) in [5, 5.41) is 12.3. The second-order valence-corrected chi connectivity index (χ2v) is 6.99. The average Bonchev–Trinajstić information content (AvgIpc) is 2.73. The Kier molecular flexibility index (Phi) is 6.75. The fraction of sp³-hybridized carbons (Fsp3) is 0.333. The molecule has 0 unspecified atom stereocenters. The first-order valence-corrected chi connectivity index (χ1v) is 9.66. The fourth-order valence-corrected chi connectivity index (χ4v) is 3.32. The number of nitrogens with zero attached hydrogens (tertiary/aromatic N) is 3. The van der Waals surface area contributed by atoms with Crippen LogP contribution in [0.5, 0.6) is 5.75 Å². The predicted octanol–water partition coefficient (Wildman–Crippen LogP) is 3.37. The molecule has 1 heterocycles. The number of carbonyl (C=O) groups excluding carboxylic acids is 1. The molecule has 146 valence electrons. The summed E-state index contributed by atoms with van der Waals surface area (Å²) >= 11 is 6.15. The second-order valence-electron chi connectivity index (χ2n) is 6.56. The number of amides is 1. The van der Waals surface area contributed by atoms with E-state index in [4.69, 9.17) is 21.6 Å². The molecule has 1 amide bonds. The summed E-state index contributed by atoms with van der Waals surface area (Å²) in [7, 11) is 0. The Morgan fingerprint density at radius 1 is 1.18 bits per heavy atom. The summed E-state index contributed by atoms with van der Waals surface area (Å²) in [6.07, 6.45) is 0. The van der Waals surface area contributed by atoms with Crippen molar-refractivity contribution in [2.24, 2.45) is 0 Å². The third-order valence-corrected chi connectivity index (χ3v) is 4.98. The van der Waals surface area contributed by atoms with Gasteiger partial charge in [-0.15, -0.1) is 0 Å². The topological polar surface area (TPSA) is 68.6 Å². The van der Waals surface area contributed by atoms with Crippen LogP contribution in [0, 0.1) is 11.3 Å². The van der Waals surface area contributed by atoms with Gasteiger partial charge in [-0.2, -0.15) is 5.26 Å². The van der Waals surface area contributed by atoms with Crippen LogP contribution in [0.15, 0.2) is 42.5 Å². The van der Waals surface area contributed by atoms with Gasteiger partial charge >= 0.3 is 0 Å². The quantitative estimate of drug-likeness (QED) is 0.807. The van der Waals surface area contributed by atoms with E-state index in [1.165, 1.54) is 0 Å². The van der Waals surface area contributed by atoms with Crippen LogP contribution < -0.4 is 15.0 Å². The molecule has 0 radical (unpaired) electrons. The van der Waals surface area contributed by atoms with Gasteiger partial charge in [0, 0.05) is 31.2 Å². The molecule has 28 heavy (non-hydrogen) atoms. The van der Waals surface area contributed by atoms with Gasteiger partial charge in [-0.3, -0.25) is 4.79 Å². The lowest BCUT2D eigenvalue weighted by Gasteiger charge is -2.36. The molecule has 0 aromatic heterocycles. The van der Waals surface area contributed by atoms with Crippen molar-refractivity contribution in [1.29, 1.82) is 5.26 Å². The molecule has 7 heteroatoms. The molecule has 2 aromatic carbocycles. The van der Waals surface area contributed by atoms with Gasteiger partial charge in [0.25, 0.3) is 5.91 Å². The lowest BCUT2D eigenvalue weighted by atomic mass is 10.2. The Bertz CT molecular complexity index is 856. The van der Waals surface area contributed by atoms with Gasteiger partial charge < -0.3 is 19.9 Å². The van der Waals surface area contributed by atoms with Gasteiger partial charge in [0.15, 0.2) is 6.61 Å². The zero-order valence-corrected chi connectivity index (χ0v) is 16.6. The number of nitriles is 1. The molecule has 1 saturated heterocycles. The Labute approximate surface area is 170 Å². The number of halogens is 1. The zero-order valence-electron chi connectivity index (χ0n) is 15.8. The lowest BCUT2D eigenvalue weighted by Crippen LogP contribution is -2.46. The van der Waals surface area contributed by atoms with Crippen molar-refractivity contribution < 1.29 is 9.53 Å². The van der Waals surface area contributed by atoms with E-state index in [9.17, 15) is 4.79 Å². The summed E-state index contributed by atoms with van der Waals surface area (Å²) in [6, 6.07) is 14.2. The third-order valence-electron chi connectivity index (χ3n) is 4.75. The molecule has 1 N–H and O–H groups in total. The molecule has 0 spiro atoms. The summed E-state index contributed by atoms with van der Waals surface area (Å²) < 4.78 is 5.51. The summed E-state index contributed by atoms with van der Waals surface area (Å²) in [4.78, 5) is 17.1. The maximum Gasteiger partial charge on any atom is 0.262 e. The van der Waals surface area contributed by atoms with Gasteiger partial charge in [0.2, 0.25) is 0 Å². The summed E-state index contributed by atoms with van der Waals surface area (Å²) in [6.45, 7) is 6.88. The monoisotopic (exact) mass is 398 g/mol. The fourth-order valence-electron chi connectivity index (χ4n) is 3.15. The number of nitrogens with one attached hydrogen (secondary N) is 1. The number of carbonyl (C=O) groups is 1. The minimum absolute atomic E-state index is 0.124. The predicted molar refractivity (Wildman–Crippen MR) is 111 cm³/mol. The Morgan fingerprint density at radius 3 is 2.54 bits per heavy atom. The van der Waals surface area contributed by atoms with Gasteiger partial charge in [-0.1, -0.05) is 18.5 Å². The smallest absolute Gasteiger partial charge is 0.262 e. The number of hydrogen-bond acceptors (Lipinski definition) is 5. The van der Waals surface area contributed by atoms with Gasteiger partial charge in [-0.25, -0.2) is 0 Å². The number of benzene rings is 2. The highest BCUT2D eigenvalue weighted by molar-refractivity contribution is 6.31. The van der Waals surface area contributed by atoms with E-state index in [1.54, 1.807) is 30.3 Å². The molecule has 6 nitrogen and oxygen atoms in total. The van der Waals surface area contributed by atoms with Crippen molar-refractivity contribution >= 4 is 28.9 Å².